The third-order valence-corrected chi connectivity index (χ3v) is 5.35. The van der Waals surface area contributed by atoms with Gasteiger partial charge in [-0.1, -0.05) is 23.2 Å². The van der Waals surface area contributed by atoms with Crippen LogP contribution in [0.15, 0.2) is 29.3 Å². The van der Waals surface area contributed by atoms with E-state index >= 15 is 0 Å². The van der Waals surface area contributed by atoms with E-state index in [0.29, 0.717) is 22.3 Å². The van der Waals surface area contributed by atoms with E-state index in [1.807, 2.05) is 4.90 Å². The number of halogens is 2. The number of aromatic nitrogens is 2. The molecule has 2 N–H and O–H groups in total. The Morgan fingerprint density at radius 3 is 2.92 bits per heavy atom. The van der Waals surface area contributed by atoms with Crippen LogP contribution in [0.5, 0.6) is 0 Å². The lowest BCUT2D eigenvalue weighted by molar-refractivity contribution is 0.179. The quantitative estimate of drug-likeness (QED) is 0.813. The van der Waals surface area contributed by atoms with E-state index in [4.69, 9.17) is 23.2 Å². The lowest BCUT2D eigenvalue weighted by Crippen LogP contribution is -2.44. The lowest BCUT2D eigenvalue weighted by atomic mass is 9.95. The Morgan fingerprint density at radius 1 is 1.29 bits per heavy atom. The van der Waals surface area contributed by atoms with Gasteiger partial charge in [0.1, 0.15) is 5.82 Å². The van der Waals surface area contributed by atoms with Crippen molar-refractivity contribution in [3.8, 4) is 0 Å². The molecule has 6 nitrogen and oxygen atoms in total. The maximum Gasteiger partial charge on any atom is 0.323 e. The monoisotopic (exact) mass is 364 g/mol. The van der Waals surface area contributed by atoms with Gasteiger partial charge in [-0.2, -0.15) is 0 Å². The van der Waals surface area contributed by atoms with Gasteiger partial charge < -0.3 is 9.88 Å². The summed E-state index contributed by atoms with van der Waals surface area (Å²) in [5, 5.41) is 3.46. The Morgan fingerprint density at radius 2 is 2.12 bits per heavy atom. The van der Waals surface area contributed by atoms with Crippen molar-refractivity contribution in [2.75, 3.05) is 5.32 Å². The molecule has 1 saturated heterocycles. The van der Waals surface area contributed by atoms with Crippen molar-refractivity contribution >= 4 is 35.1 Å². The molecular weight excluding hydrogens is 351 g/mol. The fourth-order valence-corrected chi connectivity index (χ4v) is 3.87. The molecule has 4 rings (SSSR count). The molecule has 2 aliphatic heterocycles. The number of hydrogen-bond acceptors (Lipinski definition) is 3. The number of anilines is 1. The van der Waals surface area contributed by atoms with Crippen molar-refractivity contribution in [2.45, 2.75) is 31.3 Å². The van der Waals surface area contributed by atoms with Crippen LogP contribution < -0.4 is 10.9 Å². The van der Waals surface area contributed by atoms with E-state index in [0.717, 1.165) is 24.0 Å². The minimum atomic E-state index is -0.217. The number of H-pyrrole nitrogens is 1. The molecule has 4 heterocycles. The first kappa shape index (κ1) is 15.5. The number of hydrogen-bond donors (Lipinski definition) is 2. The largest absolute Gasteiger partial charge is 0.329 e. The molecule has 2 aliphatic rings. The minimum Gasteiger partial charge on any atom is -0.329 e. The molecule has 0 saturated carbocycles. The van der Waals surface area contributed by atoms with Crippen LogP contribution in [-0.4, -0.2) is 26.9 Å². The standard InChI is InChI=1S/C16H14Cl2N4O2/c17-11-5-14(19-7-12(11)18)21-16(24)22-9-1-2-13(22)10-6-20-15(23)4-8(10)3-9/h4-7,9,13H,1-3H2,(H,20,23)(H,19,21,24)/t9-,13+/m1/s1. The molecule has 0 spiro atoms. The second-order valence-electron chi connectivity index (χ2n) is 6.05. The zero-order valence-corrected chi connectivity index (χ0v) is 14.1. The van der Waals surface area contributed by atoms with Crippen molar-refractivity contribution in [1.82, 2.24) is 14.9 Å². The van der Waals surface area contributed by atoms with Gasteiger partial charge in [-0.05, 0) is 30.4 Å². The second-order valence-corrected chi connectivity index (χ2v) is 6.86. The van der Waals surface area contributed by atoms with Gasteiger partial charge in [0.2, 0.25) is 5.56 Å². The van der Waals surface area contributed by atoms with Crippen LogP contribution >= 0.6 is 23.2 Å². The zero-order valence-electron chi connectivity index (χ0n) is 12.6. The highest BCUT2D eigenvalue weighted by Crippen LogP contribution is 2.43. The van der Waals surface area contributed by atoms with E-state index in [2.05, 4.69) is 15.3 Å². The molecule has 0 radical (unpaired) electrons. The molecule has 0 aromatic carbocycles. The molecule has 2 bridgehead atoms. The van der Waals surface area contributed by atoms with E-state index in [1.165, 1.54) is 12.3 Å². The molecule has 8 heteroatoms. The highest BCUT2D eigenvalue weighted by atomic mass is 35.5. The van der Waals surface area contributed by atoms with Gasteiger partial charge >= 0.3 is 6.03 Å². The number of urea groups is 1. The molecule has 2 aromatic rings. The van der Waals surface area contributed by atoms with Crippen LogP contribution in [0.4, 0.5) is 10.6 Å². The van der Waals surface area contributed by atoms with Crippen molar-refractivity contribution in [1.29, 1.82) is 0 Å². The number of pyridine rings is 2. The van der Waals surface area contributed by atoms with Crippen LogP contribution in [0.2, 0.25) is 10.0 Å². The molecule has 1 fully saturated rings. The summed E-state index contributed by atoms with van der Waals surface area (Å²) in [4.78, 5) is 32.9. The number of carbonyl (C=O) groups excluding carboxylic acids is 1. The summed E-state index contributed by atoms with van der Waals surface area (Å²) in [6.07, 6.45) is 5.62. The van der Waals surface area contributed by atoms with Crippen LogP contribution in [0, 0.1) is 0 Å². The summed E-state index contributed by atoms with van der Waals surface area (Å²) in [5.74, 6) is 0.362. The van der Waals surface area contributed by atoms with Gasteiger partial charge in [0.25, 0.3) is 0 Å². The summed E-state index contributed by atoms with van der Waals surface area (Å²) < 4.78 is 0. The van der Waals surface area contributed by atoms with Crippen molar-refractivity contribution in [3.63, 3.8) is 0 Å². The van der Waals surface area contributed by atoms with Crippen molar-refractivity contribution in [3.05, 3.63) is 56.1 Å². The Balaban J connectivity index is 1.60. The highest BCUT2D eigenvalue weighted by molar-refractivity contribution is 6.42. The molecule has 2 atom stereocenters. The summed E-state index contributed by atoms with van der Waals surface area (Å²) in [7, 11) is 0. The number of nitrogens with zero attached hydrogens (tertiary/aromatic N) is 2. The Bertz CT molecular complexity index is 883. The zero-order chi connectivity index (χ0) is 16.8. The van der Waals surface area contributed by atoms with E-state index in [1.54, 1.807) is 12.3 Å². The molecular formula is C16H14Cl2N4O2. The first-order valence-corrected chi connectivity index (χ1v) is 8.40. The average molecular weight is 365 g/mol. The average Bonchev–Trinajstić information content (AvgIpc) is 2.86. The normalized spacial score (nSPS) is 21.5. The van der Waals surface area contributed by atoms with Crippen LogP contribution in [-0.2, 0) is 6.42 Å². The summed E-state index contributed by atoms with van der Waals surface area (Å²) in [6, 6.07) is 3.01. The van der Waals surface area contributed by atoms with E-state index < -0.39 is 0 Å². The fraction of sp³-hybridized carbons (Fsp3) is 0.312. The number of carbonyl (C=O) groups is 1. The smallest absolute Gasteiger partial charge is 0.323 e. The lowest BCUT2D eigenvalue weighted by Gasteiger charge is -2.35. The van der Waals surface area contributed by atoms with Crippen LogP contribution in [0.25, 0.3) is 0 Å². The summed E-state index contributed by atoms with van der Waals surface area (Å²) >= 11 is 11.8. The topological polar surface area (TPSA) is 78.1 Å². The molecule has 24 heavy (non-hydrogen) atoms. The van der Waals surface area contributed by atoms with E-state index in [-0.39, 0.29) is 23.7 Å². The van der Waals surface area contributed by atoms with Crippen LogP contribution in [0.3, 0.4) is 0 Å². The van der Waals surface area contributed by atoms with Gasteiger partial charge in [0.05, 0.1) is 16.1 Å². The predicted molar refractivity (Wildman–Crippen MR) is 91.6 cm³/mol. The Kier molecular flexibility index (Phi) is 3.73. The number of aromatic amines is 1. The van der Waals surface area contributed by atoms with E-state index in [9.17, 15) is 9.59 Å². The number of rotatable bonds is 1. The maximum atomic E-state index is 12.7. The Hall–Kier alpha value is -2.05. The summed E-state index contributed by atoms with van der Waals surface area (Å²) in [6.45, 7) is 0. The molecule has 124 valence electrons. The van der Waals surface area contributed by atoms with Gasteiger partial charge in [0.15, 0.2) is 0 Å². The molecule has 2 aromatic heterocycles. The highest BCUT2D eigenvalue weighted by Gasteiger charge is 2.42. The van der Waals surface area contributed by atoms with Gasteiger partial charge in [-0.15, -0.1) is 0 Å². The number of fused-ring (bicyclic) bond motifs is 4. The Labute approximate surface area is 147 Å². The van der Waals surface area contributed by atoms with Crippen molar-refractivity contribution in [2.24, 2.45) is 0 Å². The molecule has 0 aliphatic carbocycles. The van der Waals surface area contributed by atoms with Crippen LogP contribution in [0.1, 0.15) is 30.0 Å². The third-order valence-electron chi connectivity index (χ3n) is 4.64. The second kappa shape index (κ2) is 5.79. The molecule has 0 unspecified atom stereocenters. The fourth-order valence-electron chi connectivity index (χ4n) is 3.62. The third kappa shape index (κ3) is 2.56. The van der Waals surface area contributed by atoms with Gasteiger partial charge in [-0.25, -0.2) is 9.78 Å². The number of nitrogens with one attached hydrogen (secondary N) is 2. The predicted octanol–water partition coefficient (Wildman–Crippen LogP) is 3.37. The summed E-state index contributed by atoms with van der Waals surface area (Å²) in [5.41, 5.74) is 1.94. The first-order valence-electron chi connectivity index (χ1n) is 7.65. The minimum absolute atomic E-state index is 0.0293. The molecule has 2 amide bonds. The SMILES string of the molecule is O=C(Nc1cc(Cl)c(Cl)cn1)N1[C@@H]2CC[C@H]1c1c[nH]c(=O)cc1C2. The maximum absolute atomic E-state index is 12.7. The first-order chi connectivity index (χ1) is 11.5. The van der Waals surface area contributed by atoms with Gasteiger partial charge in [0, 0.05) is 30.6 Å². The number of amides is 2. The van der Waals surface area contributed by atoms with Crippen molar-refractivity contribution < 1.29 is 4.79 Å². The van der Waals surface area contributed by atoms with Gasteiger partial charge in [-0.3, -0.25) is 10.1 Å².